The van der Waals surface area contributed by atoms with Crippen molar-refractivity contribution in [2.75, 3.05) is 4.90 Å². The van der Waals surface area contributed by atoms with Crippen LogP contribution in [0.25, 0.3) is 5.76 Å². The van der Waals surface area contributed by atoms with Gasteiger partial charge in [0, 0.05) is 12.5 Å². The third kappa shape index (κ3) is 6.11. The zero-order chi connectivity index (χ0) is 29.2. The molecule has 12 heteroatoms. The molecule has 0 bridgehead atoms. The van der Waals surface area contributed by atoms with Crippen molar-refractivity contribution in [2.45, 2.75) is 45.6 Å². The third-order valence-electron chi connectivity index (χ3n) is 6.20. The Bertz CT molecular complexity index is 1450. The van der Waals surface area contributed by atoms with Gasteiger partial charge in [0.05, 0.1) is 23.9 Å². The number of aromatic nitrogens is 2. The predicted molar refractivity (Wildman–Crippen MR) is 138 cm³/mol. The van der Waals surface area contributed by atoms with E-state index in [1.165, 1.54) is 31.2 Å². The van der Waals surface area contributed by atoms with Crippen molar-refractivity contribution >= 4 is 29.2 Å². The summed E-state index contributed by atoms with van der Waals surface area (Å²) in [4.78, 5) is 38.8. The standard InChI is InChI=1S/C28H25F3N4O5/c1-15(2)17-4-6-19(7-5-17)25(37)23-24(18-8-11-21(12-9-18)40-28(29,30)31)35(27(39)26(23)38)22-13-10-20(33-34-22)14-32-16(3)36/h4-13,15,24,37H,14H2,1-3H3,(H,32,36). The number of carbonyl (C=O) groups is 3. The number of nitrogens with zero attached hydrogens (tertiary/aromatic N) is 3. The molecule has 0 spiro atoms. The predicted octanol–water partition coefficient (Wildman–Crippen LogP) is 4.76. The van der Waals surface area contributed by atoms with Gasteiger partial charge in [-0.2, -0.15) is 5.10 Å². The molecule has 40 heavy (non-hydrogen) atoms. The van der Waals surface area contributed by atoms with E-state index in [2.05, 4.69) is 20.3 Å². The Morgan fingerprint density at radius 1 is 1.02 bits per heavy atom. The number of hydrogen-bond acceptors (Lipinski definition) is 7. The zero-order valence-corrected chi connectivity index (χ0v) is 21.7. The maximum absolute atomic E-state index is 13.3. The largest absolute Gasteiger partial charge is 0.573 e. The van der Waals surface area contributed by atoms with E-state index in [-0.39, 0.29) is 40.9 Å². The van der Waals surface area contributed by atoms with Gasteiger partial charge < -0.3 is 15.2 Å². The maximum atomic E-state index is 13.3. The van der Waals surface area contributed by atoms with Crippen molar-refractivity contribution in [1.82, 2.24) is 15.5 Å². The van der Waals surface area contributed by atoms with Crippen LogP contribution in [-0.4, -0.2) is 39.3 Å². The quantitative estimate of drug-likeness (QED) is 0.245. The minimum atomic E-state index is -4.91. The number of aliphatic hydroxyl groups is 1. The van der Waals surface area contributed by atoms with Gasteiger partial charge in [-0.25, -0.2) is 0 Å². The summed E-state index contributed by atoms with van der Waals surface area (Å²) in [6, 6.07) is 13.1. The fraction of sp³-hybridized carbons (Fsp3) is 0.250. The molecule has 1 saturated heterocycles. The first-order valence-electron chi connectivity index (χ1n) is 12.2. The SMILES string of the molecule is CC(=O)NCc1ccc(N2C(=O)C(=O)C(=C(O)c3ccc(C(C)C)cc3)C2c2ccc(OC(F)(F)F)cc2)nn1. The second-order valence-corrected chi connectivity index (χ2v) is 9.36. The van der Waals surface area contributed by atoms with Crippen molar-refractivity contribution in [3.05, 3.63) is 88.6 Å². The van der Waals surface area contributed by atoms with Gasteiger partial charge in [0.25, 0.3) is 5.78 Å². The molecule has 3 aromatic rings. The molecule has 0 saturated carbocycles. The maximum Gasteiger partial charge on any atom is 0.573 e. The lowest BCUT2D eigenvalue weighted by molar-refractivity contribution is -0.274. The van der Waals surface area contributed by atoms with Crippen LogP contribution in [0.4, 0.5) is 19.0 Å². The number of nitrogens with one attached hydrogen (secondary N) is 1. The first-order valence-corrected chi connectivity index (χ1v) is 12.2. The second-order valence-electron chi connectivity index (χ2n) is 9.36. The normalized spacial score (nSPS) is 16.9. The highest BCUT2D eigenvalue weighted by Crippen LogP contribution is 2.42. The molecule has 2 amide bonds. The molecule has 1 aromatic heterocycles. The van der Waals surface area contributed by atoms with Crippen LogP contribution in [0.2, 0.25) is 0 Å². The number of Topliss-reactive ketones (excluding diaryl/α,β-unsaturated/α-hetero) is 1. The number of alkyl halides is 3. The van der Waals surface area contributed by atoms with Gasteiger partial charge in [-0.1, -0.05) is 50.2 Å². The minimum absolute atomic E-state index is 0.0384. The summed E-state index contributed by atoms with van der Waals surface area (Å²) in [6.45, 7) is 5.41. The van der Waals surface area contributed by atoms with E-state index in [0.717, 1.165) is 22.6 Å². The molecule has 2 aromatic carbocycles. The van der Waals surface area contributed by atoms with Gasteiger partial charge >= 0.3 is 12.3 Å². The van der Waals surface area contributed by atoms with E-state index in [9.17, 15) is 32.7 Å². The fourth-order valence-corrected chi connectivity index (χ4v) is 4.21. The molecule has 208 valence electrons. The van der Waals surface area contributed by atoms with Crippen LogP contribution in [0, 0.1) is 0 Å². The van der Waals surface area contributed by atoms with Crippen molar-refractivity contribution in [3.8, 4) is 5.75 Å². The highest BCUT2D eigenvalue weighted by atomic mass is 19.4. The minimum Gasteiger partial charge on any atom is -0.507 e. The number of halogens is 3. The van der Waals surface area contributed by atoms with Crippen molar-refractivity contribution < 1.29 is 37.4 Å². The van der Waals surface area contributed by atoms with E-state index in [1.54, 1.807) is 24.3 Å². The Morgan fingerprint density at radius 2 is 1.68 bits per heavy atom. The Labute approximate surface area is 227 Å². The lowest BCUT2D eigenvalue weighted by Gasteiger charge is -2.24. The lowest BCUT2D eigenvalue weighted by atomic mass is 9.94. The van der Waals surface area contributed by atoms with E-state index in [0.29, 0.717) is 5.69 Å². The van der Waals surface area contributed by atoms with Crippen molar-refractivity contribution in [1.29, 1.82) is 0 Å². The second kappa shape index (κ2) is 11.2. The number of carbonyl (C=O) groups excluding carboxylic acids is 3. The number of ether oxygens (including phenoxy) is 1. The monoisotopic (exact) mass is 554 g/mol. The molecule has 2 N–H and O–H groups in total. The van der Waals surface area contributed by atoms with Gasteiger partial charge in [-0.3, -0.25) is 19.3 Å². The van der Waals surface area contributed by atoms with Gasteiger partial charge in [0.2, 0.25) is 5.91 Å². The van der Waals surface area contributed by atoms with Crippen LogP contribution in [0.5, 0.6) is 5.75 Å². The molecule has 1 aliphatic rings. The van der Waals surface area contributed by atoms with E-state index >= 15 is 0 Å². The molecule has 4 rings (SSSR count). The van der Waals surface area contributed by atoms with Gasteiger partial charge in [-0.05, 0) is 41.3 Å². The third-order valence-corrected chi connectivity index (χ3v) is 6.20. The molecule has 1 atom stereocenters. The topological polar surface area (TPSA) is 122 Å². The molecule has 0 radical (unpaired) electrons. The van der Waals surface area contributed by atoms with Gasteiger partial charge in [0.15, 0.2) is 5.82 Å². The number of hydrogen-bond donors (Lipinski definition) is 2. The van der Waals surface area contributed by atoms with Crippen LogP contribution >= 0.6 is 0 Å². The molecular formula is C28H25F3N4O5. The number of benzene rings is 2. The van der Waals surface area contributed by atoms with Crippen molar-refractivity contribution in [2.24, 2.45) is 0 Å². The fourth-order valence-electron chi connectivity index (χ4n) is 4.21. The molecule has 0 aliphatic carbocycles. The molecule has 9 nitrogen and oxygen atoms in total. The van der Waals surface area contributed by atoms with Crippen LogP contribution in [-0.2, 0) is 20.9 Å². The average molecular weight is 555 g/mol. The number of amides is 2. The summed E-state index contributed by atoms with van der Waals surface area (Å²) in [5.74, 6) is -3.07. The van der Waals surface area contributed by atoms with E-state index in [4.69, 9.17) is 0 Å². The molecule has 1 aliphatic heterocycles. The Kier molecular flexibility index (Phi) is 7.89. The number of anilines is 1. The first-order chi connectivity index (χ1) is 18.9. The summed E-state index contributed by atoms with van der Waals surface area (Å²) >= 11 is 0. The summed E-state index contributed by atoms with van der Waals surface area (Å²) in [5, 5.41) is 21.8. The van der Waals surface area contributed by atoms with Crippen LogP contribution in [0.3, 0.4) is 0 Å². The number of aliphatic hydroxyl groups excluding tert-OH is 1. The average Bonchev–Trinajstić information content (AvgIpc) is 3.17. The van der Waals surface area contributed by atoms with Crippen molar-refractivity contribution in [3.63, 3.8) is 0 Å². The summed E-state index contributed by atoms with van der Waals surface area (Å²) in [6.07, 6.45) is -4.91. The highest BCUT2D eigenvalue weighted by Gasteiger charge is 2.47. The van der Waals surface area contributed by atoms with Gasteiger partial charge in [0.1, 0.15) is 11.5 Å². The van der Waals surface area contributed by atoms with E-state index in [1.807, 2.05) is 13.8 Å². The number of ketones is 1. The zero-order valence-electron chi connectivity index (χ0n) is 21.7. The van der Waals surface area contributed by atoms with E-state index < -0.39 is 35.6 Å². The highest BCUT2D eigenvalue weighted by molar-refractivity contribution is 6.51. The van der Waals surface area contributed by atoms with Crippen LogP contribution in [0.15, 0.2) is 66.2 Å². The molecule has 2 heterocycles. The Morgan fingerprint density at radius 3 is 2.20 bits per heavy atom. The number of rotatable bonds is 7. The summed E-state index contributed by atoms with van der Waals surface area (Å²) < 4.78 is 42.0. The Balaban J connectivity index is 1.81. The van der Waals surface area contributed by atoms with Crippen LogP contribution in [0.1, 0.15) is 55.1 Å². The Hall–Kier alpha value is -4.74. The van der Waals surface area contributed by atoms with Gasteiger partial charge in [-0.15, -0.1) is 18.3 Å². The van der Waals surface area contributed by atoms with Crippen LogP contribution < -0.4 is 15.0 Å². The lowest BCUT2D eigenvalue weighted by Crippen LogP contribution is -2.30. The summed E-state index contributed by atoms with van der Waals surface area (Å²) in [5.41, 5.74) is 1.60. The smallest absolute Gasteiger partial charge is 0.507 e. The molecule has 1 unspecified atom stereocenters. The molecule has 1 fully saturated rings. The summed E-state index contributed by atoms with van der Waals surface area (Å²) in [7, 11) is 0. The first kappa shape index (κ1) is 28.3. The molecular weight excluding hydrogens is 529 g/mol.